The van der Waals surface area contributed by atoms with Crippen LogP contribution in [0.1, 0.15) is 44.9 Å². The van der Waals surface area contributed by atoms with Crippen molar-refractivity contribution in [1.29, 1.82) is 0 Å². The van der Waals surface area contributed by atoms with Gasteiger partial charge in [-0.3, -0.25) is 0 Å². The summed E-state index contributed by atoms with van der Waals surface area (Å²) >= 11 is -1.16. The molecule has 0 aliphatic carbocycles. The molecule has 27 heavy (non-hydrogen) atoms. The van der Waals surface area contributed by atoms with Gasteiger partial charge in [0.25, 0.3) is 0 Å². The molecular weight excluding hydrogens is 365 g/mol. The fourth-order valence-corrected chi connectivity index (χ4v) is 3.42. The van der Waals surface area contributed by atoms with Crippen molar-refractivity contribution in [3.8, 4) is 5.88 Å². The van der Waals surface area contributed by atoms with Gasteiger partial charge in [0.1, 0.15) is 16.9 Å². The molecule has 0 radical (unpaired) electrons. The number of methoxy groups -OCH3 is 1. The molecule has 148 valence electrons. The monoisotopic (exact) mass is 393 g/mol. The zero-order valence-electron chi connectivity index (χ0n) is 16.4. The van der Waals surface area contributed by atoms with Crippen molar-refractivity contribution in [1.82, 2.24) is 14.7 Å². The Labute approximate surface area is 164 Å². The topological polar surface area (TPSA) is 70.1 Å². The third-order valence-electron chi connectivity index (χ3n) is 4.18. The first-order valence-corrected chi connectivity index (χ1v) is 10.2. The van der Waals surface area contributed by atoms with Crippen LogP contribution in [0.25, 0.3) is 0 Å². The van der Waals surface area contributed by atoms with E-state index in [1.165, 1.54) is 18.5 Å². The zero-order chi connectivity index (χ0) is 19.9. The summed E-state index contributed by atoms with van der Waals surface area (Å²) in [5.41, 5.74) is 1.95. The van der Waals surface area contributed by atoms with E-state index >= 15 is 0 Å². The Bertz CT molecular complexity index is 707. The van der Waals surface area contributed by atoms with E-state index in [9.17, 15) is 8.94 Å². The number of rotatable bonds is 9. The van der Waals surface area contributed by atoms with Crippen LogP contribution in [-0.4, -0.2) is 32.4 Å². The highest BCUT2D eigenvalue weighted by Crippen LogP contribution is 2.18. The predicted octanol–water partition coefficient (Wildman–Crippen LogP) is 3.61. The van der Waals surface area contributed by atoms with Gasteiger partial charge >= 0.3 is 0 Å². The standard InChI is InChI=1S/C20H28FN3O2S/c1-20(2,3)27(25)24-17(10-7-15-5-8-16(21)9-6-15)11-12-18-13-19(26-4)23-14-22-18/h5-6,8-9,13-14,17,24H,7,10-12H2,1-4H3/t17-,27+/m1/s1. The number of benzene rings is 1. The molecule has 0 bridgehead atoms. The van der Waals surface area contributed by atoms with Crippen LogP contribution in [0.3, 0.4) is 0 Å². The Morgan fingerprint density at radius 2 is 1.81 bits per heavy atom. The van der Waals surface area contributed by atoms with Gasteiger partial charge in [0.05, 0.1) is 13.2 Å². The molecule has 1 N–H and O–H groups in total. The van der Waals surface area contributed by atoms with Crippen molar-refractivity contribution in [2.45, 2.75) is 57.2 Å². The van der Waals surface area contributed by atoms with Crippen molar-refractivity contribution in [2.75, 3.05) is 7.11 Å². The van der Waals surface area contributed by atoms with Gasteiger partial charge in [-0.25, -0.2) is 14.4 Å². The molecule has 2 atom stereocenters. The lowest BCUT2D eigenvalue weighted by Gasteiger charge is -2.28. The van der Waals surface area contributed by atoms with Gasteiger partial charge in [0, 0.05) is 23.1 Å². The minimum Gasteiger partial charge on any atom is -0.598 e. The van der Waals surface area contributed by atoms with Crippen molar-refractivity contribution >= 4 is 11.4 Å². The van der Waals surface area contributed by atoms with E-state index in [1.807, 2.05) is 26.8 Å². The molecule has 1 aromatic heterocycles. The van der Waals surface area contributed by atoms with E-state index in [-0.39, 0.29) is 16.6 Å². The lowest BCUT2D eigenvalue weighted by Crippen LogP contribution is -2.45. The van der Waals surface area contributed by atoms with E-state index in [4.69, 9.17) is 4.74 Å². The van der Waals surface area contributed by atoms with E-state index in [0.29, 0.717) is 5.88 Å². The van der Waals surface area contributed by atoms with Crippen LogP contribution in [0.5, 0.6) is 5.88 Å². The molecule has 1 aromatic carbocycles. The molecule has 0 saturated carbocycles. The highest BCUT2D eigenvalue weighted by Gasteiger charge is 2.29. The maximum atomic E-state index is 13.1. The maximum Gasteiger partial charge on any atom is 0.216 e. The summed E-state index contributed by atoms with van der Waals surface area (Å²) in [5, 5.41) is 0. The summed E-state index contributed by atoms with van der Waals surface area (Å²) < 4.78 is 33.7. The number of ether oxygens (including phenoxy) is 1. The van der Waals surface area contributed by atoms with E-state index in [2.05, 4.69) is 14.7 Å². The SMILES string of the molecule is COc1cc(CC[C@@H](CCc2ccc(F)cc2)N[S@@+]([O-])C(C)(C)C)ncn1. The molecular formula is C20H28FN3O2S. The third-order valence-corrected chi connectivity index (χ3v) is 5.84. The number of aromatic nitrogens is 2. The highest BCUT2D eigenvalue weighted by molar-refractivity contribution is 7.90. The van der Waals surface area contributed by atoms with Crippen LogP contribution in [0.15, 0.2) is 36.7 Å². The van der Waals surface area contributed by atoms with Crippen LogP contribution in [0.2, 0.25) is 0 Å². The van der Waals surface area contributed by atoms with Crippen LogP contribution in [-0.2, 0) is 24.2 Å². The molecule has 5 nitrogen and oxygen atoms in total. The Kier molecular flexibility index (Phi) is 8.01. The number of hydrogen-bond acceptors (Lipinski definition) is 5. The summed E-state index contributed by atoms with van der Waals surface area (Å²) in [6, 6.07) is 8.40. The second kappa shape index (κ2) is 10.0. The smallest absolute Gasteiger partial charge is 0.216 e. The molecule has 2 aromatic rings. The van der Waals surface area contributed by atoms with E-state index in [0.717, 1.165) is 36.9 Å². The Morgan fingerprint density at radius 1 is 1.15 bits per heavy atom. The fourth-order valence-electron chi connectivity index (χ4n) is 2.53. The van der Waals surface area contributed by atoms with Gasteiger partial charge < -0.3 is 9.29 Å². The number of halogens is 1. The van der Waals surface area contributed by atoms with Crippen molar-refractivity contribution in [2.24, 2.45) is 0 Å². The van der Waals surface area contributed by atoms with Crippen LogP contribution in [0, 0.1) is 5.82 Å². The van der Waals surface area contributed by atoms with Gasteiger partial charge in [-0.05, 0) is 64.2 Å². The van der Waals surface area contributed by atoms with Gasteiger partial charge in [0.2, 0.25) is 5.88 Å². The third kappa shape index (κ3) is 7.44. The Morgan fingerprint density at radius 3 is 2.44 bits per heavy atom. The minimum absolute atomic E-state index is 0.0519. The summed E-state index contributed by atoms with van der Waals surface area (Å²) in [5.74, 6) is 0.300. The van der Waals surface area contributed by atoms with Gasteiger partial charge in [-0.15, -0.1) is 4.72 Å². The summed E-state index contributed by atoms with van der Waals surface area (Å²) in [4.78, 5) is 8.30. The summed E-state index contributed by atoms with van der Waals surface area (Å²) in [6.45, 7) is 5.84. The van der Waals surface area contributed by atoms with Crippen LogP contribution >= 0.6 is 0 Å². The first-order valence-electron chi connectivity index (χ1n) is 9.05. The first-order chi connectivity index (χ1) is 12.8. The lowest BCUT2D eigenvalue weighted by atomic mass is 10.0. The van der Waals surface area contributed by atoms with Crippen molar-refractivity contribution in [3.05, 3.63) is 53.7 Å². The van der Waals surface area contributed by atoms with Gasteiger partial charge in [0.15, 0.2) is 0 Å². The van der Waals surface area contributed by atoms with Crippen molar-refractivity contribution in [3.63, 3.8) is 0 Å². The Balaban J connectivity index is 2.00. The average molecular weight is 394 g/mol. The second-order valence-corrected chi connectivity index (χ2v) is 9.45. The number of nitrogens with zero attached hydrogens (tertiary/aromatic N) is 2. The maximum absolute atomic E-state index is 13.1. The minimum atomic E-state index is -1.16. The quantitative estimate of drug-likeness (QED) is 0.659. The van der Waals surface area contributed by atoms with Crippen LogP contribution in [0.4, 0.5) is 4.39 Å². The number of hydrogen-bond donors (Lipinski definition) is 1. The molecule has 2 rings (SSSR count). The zero-order valence-corrected chi connectivity index (χ0v) is 17.2. The van der Waals surface area contributed by atoms with Crippen molar-refractivity contribution < 1.29 is 13.7 Å². The molecule has 0 unspecified atom stereocenters. The van der Waals surface area contributed by atoms with E-state index in [1.54, 1.807) is 19.2 Å². The first kappa shape index (κ1) is 21.6. The molecule has 0 aliphatic heterocycles. The number of aryl methyl sites for hydroxylation is 2. The second-order valence-electron chi connectivity index (χ2n) is 7.45. The molecule has 0 saturated heterocycles. The fraction of sp³-hybridized carbons (Fsp3) is 0.500. The highest BCUT2D eigenvalue weighted by atomic mass is 32.2. The normalized spacial score (nSPS) is 14.0. The molecule has 0 aliphatic rings. The molecule has 0 amide bonds. The Hall–Kier alpha value is -1.70. The molecule has 1 heterocycles. The summed E-state index contributed by atoms with van der Waals surface area (Å²) in [6.07, 6.45) is 4.58. The lowest BCUT2D eigenvalue weighted by molar-refractivity contribution is 0.395. The molecule has 7 heteroatoms. The van der Waals surface area contributed by atoms with E-state index < -0.39 is 11.4 Å². The number of nitrogens with one attached hydrogen (secondary N) is 1. The molecule has 0 fully saturated rings. The predicted molar refractivity (Wildman–Crippen MR) is 106 cm³/mol. The average Bonchev–Trinajstić information content (AvgIpc) is 2.64. The molecule has 0 spiro atoms. The van der Waals surface area contributed by atoms with Gasteiger partial charge in [-0.2, -0.15) is 0 Å². The van der Waals surface area contributed by atoms with Gasteiger partial charge in [-0.1, -0.05) is 12.1 Å². The summed E-state index contributed by atoms with van der Waals surface area (Å²) in [7, 11) is 1.58. The van der Waals surface area contributed by atoms with Crippen LogP contribution < -0.4 is 9.46 Å². The largest absolute Gasteiger partial charge is 0.598 e.